The van der Waals surface area contributed by atoms with Crippen molar-refractivity contribution < 1.29 is 9.47 Å². The van der Waals surface area contributed by atoms with Crippen LogP contribution in [0.25, 0.3) is 22.2 Å². The lowest BCUT2D eigenvalue weighted by molar-refractivity contribution is 0.228. The van der Waals surface area contributed by atoms with E-state index in [9.17, 15) is 0 Å². The first-order valence-electron chi connectivity index (χ1n) is 10.9. The highest BCUT2D eigenvalue weighted by Crippen LogP contribution is 2.31. The Kier molecular flexibility index (Phi) is 6.70. The summed E-state index contributed by atoms with van der Waals surface area (Å²) in [7, 11) is 3.38. The Bertz CT molecular complexity index is 966. The van der Waals surface area contributed by atoms with E-state index in [2.05, 4.69) is 34.5 Å². The molecular formula is C25H31N3O2. The number of nitrogens with zero attached hydrogens (tertiary/aromatic N) is 2. The highest BCUT2D eigenvalue weighted by atomic mass is 16.5. The zero-order chi connectivity index (χ0) is 20.8. The Morgan fingerprint density at radius 1 is 0.900 bits per heavy atom. The van der Waals surface area contributed by atoms with E-state index in [1.807, 2.05) is 24.3 Å². The van der Waals surface area contributed by atoms with Gasteiger partial charge in [0, 0.05) is 23.2 Å². The second-order valence-electron chi connectivity index (χ2n) is 7.85. The quantitative estimate of drug-likeness (QED) is 0.522. The highest BCUT2D eigenvalue weighted by molar-refractivity contribution is 5.94. The molecule has 0 unspecified atom stereocenters. The number of piperidine rings is 1. The van der Waals surface area contributed by atoms with Crippen LogP contribution in [0.15, 0.2) is 48.5 Å². The molecule has 2 aromatic carbocycles. The minimum Gasteiger partial charge on any atom is -0.497 e. The van der Waals surface area contributed by atoms with Crippen molar-refractivity contribution in [1.82, 2.24) is 9.88 Å². The minimum atomic E-state index is 0.845. The lowest BCUT2D eigenvalue weighted by Gasteiger charge is -2.26. The highest BCUT2D eigenvalue weighted by Gasteiger charge is 2.11. The van der Waals surface area contributed by atoms with Gasteiger partial charge in [-0.1, -0.05) is 6.42 Å². The zero-order valence-corrected chi connectivity index (χ0v) is 18.0. The molecule has 0 spiro atoms. The molecule has 1 aliphatic rings. The molecule has 30 heavy (non-hydrogen) atoms. The van der Waals surface area contributed by atoms with Gasteiger partial charge in [0.1, 0.15) is 11.5 Å². The largest absolute Gasteiger partial charge is 0.497 e. The van der Waals surface area contributed by atoms with Gasteiger partial charge in [-0.3, -0.25) is 0 Å². The van der Waals surface area contributed by atoms with Gasteiger partial charge >= 0.3 is 0 Å². The number of aromatic nitrogens is 1. The molecule has 0 atom stereocenters. The molecule has 1 saturated heterocycles. The summed E-state index contributed by atoms with van der Waals surface area (Å²) in [5.74, 6) is 1.69. The van der Waals surface area contributed by atoms with Crippen LogP contribution >= 0.6 is 0 Å². The average Bonchev–Trinajstić information content (AvgIpc) is 2.82. The molecule has 0 saturated carbocycles. The lowest BCUT2D eigenvalue weighted by Crippen LogP contribution is -2.31. The molecule has 0 aliphatic carbocycles. The normalized spacial score (nSPS) is 14.6. The Morgan fingerprint density at radius 2 is 1.63 bits per heavy atom. The summed E-state index contributed by atoms with van der Waals surface area (Å²) in [6.45, 7) is 4.59. The number of hydrogen-bond acceptors (Lipinski definition) is 5. The van der Waals surface area contributed by atoms with E-state index in [0.29, 0.717) is 0 Å². The van der Waals surface area contributed by atoms with Crippen molar-refractivity contribution in [1.29, 1.82) is 0 Å². The summed E-state index contributed by atoms with van der Waals surface area (Å²) in [5.41, 5.74) is 4.09. The van der Waals surface area contributed by atoms with Crippen LogP contribution in [0.2, 0.25) is 0 Å². The van der Waals surface area contributed by atoms with Crippen molar-refractivity contribution in [2.24, 2.45) is 0 Å². The maximum absolute atomic E-state index is 5.45. The number of likely N-dealkylation sites (tertiary alicyclic amines) is 1. The standard InChI is InChI=1S/C25H31N3O2/c1-29-20-9-7-19(8-10-20)24-18-25(22-17-21(30-2)11-12-23(22)27-24)26-13-6-16-28-14-4-3-5-15-28/h7-12,17-18H,3-6,13-16H2,1-2H3,(H,26,27). The van der Waals surface area contributed by atoms with Gasteiger partial charge in [0.15, 0.2) is 0 Å². The van der Waals surface area contributed by atoms with E-state index in [1.165, 1.54) is 32.4 Å². The average molecular weight is 406 g/mol. The van der Waals surface area contributed by atoms with Crippen molar-refractivity contribution >= 4 is 16.6 Å². The molecule has 5 heteroatoms. The van der Waals surface area contributed by atoms with E-state index in [1.54, 1.807) is 14.2 Å². The number of anilines is 1. The van der Waals surface area contributed by atoms with Crippen LogP contribution in [-0.2, 0) is 0 Å². The first kappa shape index (κ1) is 20.5. The fraction of sp³-hybridized carbons (Fsp3) is 0.400. The number of nitrogens with one attached hydrogen (secondary N) is 1. The second kappa shape index (κ2) is 9.81. The maximum atomic E-state index is 5.45. The summed E-state index contributed by atoms with van der Waals surface area (Å²) in [4.78, 5) is 7.48. The minimum absolute atomic E-state index is 0.845. The van der Waals surface area contributed by atoms with Gasteiger partial charge in [0.05, 0.1) is 25.4 Å². The number of fused-ring (bicyclic) bond motifs is 1. The van der Waals surface area contributed by atoms with Crippen LogP contribution in [-0.4, -0.2) is 50.3 Å². The third-order valence-electron chi connectivity index (χ3n) is 5.82. The molecule has 1 aromatic heterocycles. The van der Waals surface area contributed by atoms with Gasteiger partial charge in [0.25, 0.3) is 0 Å². The van der Waals surface area contributed by atoms with Crippen LogP contribution < -0.4 is 14.8 Å². The monoisotopic (exact) mass is 405 g/mol. The molecule has 1 N–H and O–H groups in total. The summed E-state index contributed by atoms with van der Waals surface area (Å²) >= 11 is 0. The Morgan fingerprint density at radius 3 is 2.37 bits per heavy atom. The van der Waals surface area contributed by atoms with Gasteiger partial charge in [-0.15, -0.1) is 0 Å². The predicted molar refractivity (Wildman–Crippen MR) is 124 cm³/mol. The van der Waals surface area contributed by atoms with E-state index in [-0.39, 0.29) is 0 Å². The number of benzene rings is 2. The molecule has 158 valence electrons. The molecule has 4 rings (SSSR count). The Labute approximate surface area is 179 Å². The van der Waals surface area contributed by atoms with Gasteiger partial charge in [-0.05, 0) is 87.4 Å². The van der Waals surface area contributed by atoms with Crippen molar-refractivity contribution in [2.75, 3.05) is 45.7 Å². The topological polar surface area (TPSA) is 46.6 Å². The molecule has 0 amide bonds. The molecule has 3 aromatic rings. The SMILES string of the molecule is COc1ccc(-c2cc(NCCCN3CCCCC3)c3cc(OC)ccc3n2)cc1. The number of methoxy groups -OCH3 is 2. The van der Waals surface area contributed by atoms with Crippen molar-refractivity contribution in [3.63, 3.8) is 0 Å². The van der Waals surface area contributed by atoms with Crippen LogP contribution in [0.1, 0.15) is 25.7 Å². The smallest absolute Gasteiger partial charge is 0.119 e. The van der Waals surface area contributed by atoms with E-state index in [4.69, 9.17) is 14.5 Å². The molecule has 0 bridgehead atoms. The second-order valence-corrected chi connectivity index (χ2v) is 7.85. The van der Waals surface area contributed by atoms with Gasteiger partial charge in [-0.2, -0.15) is 0 Å². The molecule has 2 heterocycles. The van der Waals surface area contributed by atoms with Crippen LogP contribution in [0.3, 0.4) is 0 Å². The number of rotatable bonds is 8. The number of ether oxygens (including phenoxy) is 2. The number of hydrogen-bond donors (Lipinski definition) is 1. The van der Waals surface area contributed by atoms with Crippen LogP contribution in [0, 0.1) is 0 Å². The summed E-state index contributed by atoms with van der Waals surface area (Å²) in [5, 5.41) is 4.75. The summed E-state index contributed by atoms with van der Waals surface area (Å²) in [6.07, 6.45) is 5.19. The predicted octanol–water partition coefficient (Wildman–Crippen LogP) is 5.21. The van der Waals surface area contributed by atoms with E-state index in [0.717, 1.165) is 58.9 Å². The Balaban J connectivity index is 1.56. The molecule has 5 nitrogen and oxygen atoms in total. The van der Waals surface area contributed by atoms with Crippen molar-refractivity contribution in [3.8, 4) is 22.8 Å². The fourth-order valence-corrected chi connectivity index (χ4v) is 4.10. The van der Waals surface area contributed by atoms with E-state index < -0.39 is 0 Å². The van der Waals surface area contributed by atoms with Gasteiger partial charge < -0.3 is 19.7 Å². The lowest BCUT2D eigenvalue weighted by atomic mass is 10.1. The fourth-order valence-electron chi connectivity index (χ4n) is 4.10. The number of pyridine rings is 1. The first-order valence-corrected chi connectivity index (χ1v) is 10.9. The molecule has 0 radical (unpaired) electrons. The molecular weight excluding hydrogens is 374 g/mol. The van der Waals surface area contributed by atoms with Gasteiger partial charge in [0.2, 0.25) is 0 Å². The van der Waals surface area contributed by atoms with Crippen LogP contribution in [0.4, 0.5) is 5.69 Å². The summed E-state index contributed by atoms with van der Waals surface area (Å²) in [6, 6.07) is 16.3. The van der Waals surface area contributed by atoms with E-state index >= 15 is 0 Å². The summed E-state index contributed by atoms with van der Waals surface area (Å²) < 4.78 is 10.7. The first-order chi connectivity index (χ1) is 14.8. The zero-order valence-electron chi connectivity index (χ0n) is 18.0. The third kappa shape index (κ3) is 4.85. The van der Waals surface area contributed by atoms with Crippen molar-refractivity contribution in [2.45, 2.75) is 25.7 Å². The third-order valence-corrected chi connectivity index (χ3v) is 5.82. The van der Waals surface area contributed by atoms with Crippen LogP contribution in [0.5, 0.6) is 11.5 Å². The van der Waals surface area contributed by atoms with Crippen molar-refractivity contribution in [3.05, 3.63) is 48.5 Å². The Hall–Kier alpha value is -2.79. The maximum Gasteiger partial charge on any atom is 0.119 e. The van der Waals surface area contributed by atoms with Gasteiger partial charge in [-0.25, -0.2) is 4.98 Å². The molecule has 1 aliphatic heterocycles. The molecule has 1 fully saturated rings.